The fraction of sp³-hybridized carbons (Fsp3) is 0.381. The van der Waals surface area contributed by atoms with E-state index in [2.05, 4.69) is 4.98 Å². The van der Waals surface area contributed by atoms with E-state index in [1.807, 2.05) is 45.9 Å². The molecule has 0 bridgehead atoms. The third-order valence-electron chi connectivity index (χ3n) is 4.46. The monoisotopic (exact) mass is 354 g/mol. The largest absolute Gasteiger partial charge is 0.288 e. The first-order valence-electron chi connectivity index (χ1n) is 8.88. The Morgan fingerprint density at radius 2 is 1.96 bits per heavy atom. The molecule has 0 atom stereocenters. The quantitative estimate of drug-likeness (QED) is 0.542. The molecule has 0 spiro atoms. The average molecular weight is 354 g/mol. The van der Waals surface area contributed by atoms with Crippen molar-refractivity contribution >= 4 is 17.2 Å². The van der Waals surface area contributed by atoms with Gasteiger partial charge in [0.05, 0.1) is 11.9 Å². The van der Waals surface area contributed by atoms with E-state index in [9.17, 15) is 4.39 Å². The van der Waals surface area contributed by atoms with E-state index in [0.29, 0.717) is 23.7 Å². The molecule has 138 valence electrons. The maximum absolute atomic E-state index is 14.3. The molecule has 1 aliphatic rings. The maximum atomic E-state index is 14.3. The van der Waals surface area contributed by atoms with Crippen LogP contribution < -0.4 is 0 Å². The van der Waals surface area contributed by atoms with Crippen molar-refractivity contribution in [3.05, 3.63) is 58.8 Å². The van der Waals surface area contributed by atoms with Crippen molar-refractivity contribution in [3.63, 3.8) is 0 Å². The smallest absolute Gasteiger partial charge is 0.145 e. The van der Waals surface area contributed by atoms with Gasteiger partial charge in [0.1, 0.15) is 17.5 Å². The van der Waals surface area contributed by atoms with Gasteiger partial charge in [-0.15, -0.1) is 0 Å². The number of hydrogen-bond acceptors (Lipinski definition) is 3. The third-order valence-corrected chi connectivity index (χ3v) is 4.46. The molecule has 1 aromatic rings. The number of pyridine rings is 1. The first-order chi connectivity index (χ1) is 12.3. The Hall–Kier alpha value is -2.56. The highest BCUT2D eigenvalue weighted by Crippen LogP contribution is 2.31. The van der Waals surface area contributed by atoms with Crippen molar-refractivity contribution in [2.45, 2.75) is 53.4 Å². The number of nitrogens with one attached hydrogen (secondary N) is 2. The topological polar surface area (TPSA) is 63.8 Å². The summed E-state index contributed by atoms with van der Waals surface area (Å²) < 4.78 is 14.3. The Morgan fingerprint density at radius 3 is 2.54 bits per heavy atom. The summed E-state index contributed by atoms with van der Waals surface area (Å²) in [7, 11) is 0. The van der Waals surface area contributed by atoms with Crippen LogP contribution in [0.4, 0.5) is 4.39 Å². The van der Waals surface area contributed by atoms with Crippen molar-refractivity contribution in [2.75, 3.05) is 0 Å². The van der Waals surface area contributed by atoms with Crippen molar-refractivity contribution in [1.29, 1.82) is 10.8 Å². The van der Waals surface area contributed by atoms with Gasteiger partial charge in [-0.3, -0.25) is 20.7 Å². The van der Waals surface area contributed by atoms with Crippen LogP contribution in [0.2, 0.25) is 0 Å². The summed E-state index contributed by atoms with van der Waals surface area (Å²) in [6.45, 7) is 9.52. The van der Waals surface area contributed by atoms with Crippen LogP contribution in [0.25, 0.3) is 5.57 Å². The zero-order chi connectivity index (χ0) is 19.4. The maximum Gasteiger partial charge on any atom is 0.145 e. The summed E-state index contributed by atoms with van der Waals surface area (Å²) in [5.74, 6) is 0.521. The van der Waals surface area contributed by atoms with Crippen molar-refractivity contribution in [1.82, 2.24) is 9.88 Å². The number of halogens is 1. The Balaban J connectivity index is 2.61. The summed E-state index contributed by atoms with van der Waals surface area (Å²) in [5, 5.41) is 16.2. The molecule has 1 aliphatic heterocycles. The zero-order valence-corrected chi connectivity index (χ0v) is 16.2. The number of amidine groups is 2. The lowest BCUT2D eigenvalue weighted by Gasteiger charge is -2.31. The molecule has 0 saturated carbocycles. The summed E-state index contributed by atoms with van der Waals surface area (Å²) in [6, 6.07) is 0. The van der Waals surface area contributed by atoms with Crippen molar-refractivity contribution in [2.24, 2.45) is 0 Å². The van der Waals surface area contributed by atoms with Gasteiger partial charge in [-0.2, -0.15) is 0 Å². The molecular weight excluding hydrogens is 327 g/mol. The molecule has 2 N–H and O–H groups in total. The highest BCUT2D eigenvalue weighted by atomic mass is 19.1. The van der Waals surface area contributed by atoms with Crippen LogP contribution in [0.5, 0.6) is 0 Å². The molecule has 0 radical (unpaired) electrons. The lowest BCUT2D eigenvalue weighted by atomic mass is 9.91. The molecule has 0 aromatic carbocycles. The normalized spacial score (nSPS) is 16.2. The lowest BCUT2D eigenvalue weighted by molar-refractivity contribution is 0.590. The van der Waals surface area contributed by atoms with E-state index in [0.717, 1.165) is 28.8 Å². The van der Waals surface area contributed by atoms with Crippen LogP contribution in [-0.4, -0.2) is 21.6 Å². The molecule has 0 aliphatic carbocycles. The highest BCUT2D eigenvalue weighted by molar-refractivity contribution is 6.00. The van der Waals surface area contributed by atoms with Gasteiger partial charge >= 0.3 is 0 Å². The minimum Gasteiger partial charge on any atom is -0.288 e. The van der Waals surface area contributed by atoms with E-state index in [4.69, 9.17) is 10.8 Å². The molecule has 0 fully saturated rings. The van der Waals surface area contributed by atoms with Crippen molar-refractivity contribution < 1.29 is 4.39 Å². The number of allylic oxidation sites excluding steroid dienone is 5. The summed E-state index contributed by atoms with van der Waals surface area (Å²) in [5.41, 5.74) is 4.30. The fourth-order valence-electron chi connectivity index (χ4n) is 3.34. The van der Waals surface area contributed by atoms with Crippen LogP contribution in [0, 0.1) is 16.6 Å². The molecule has 2 heterocycles. The van der Waals surface area contributed by atoms with Gasteiger partial charge in [0.15, 0.2) is 0 Å². The van der Waals surface area contributed by atoms with E-state index < -0.39 is 0 Å². The second-order valence-electron chi connectivity index (χ2n) is 6.84. The van der Waals surface area contributed by atoms with Gasteiger partial charge in [-0.25, -0.2) is 4.39 Å². The molecule has 5 heteroatoms. The van der Waals surface area contributed by atoms with Crippen LogP contribution in [0.15, 0.2) is 41.9 Å². The summed E-state index contributed by atoms with van der Waals surface area (Å²) in [6.07, 6.45) is 10.2. The van der Waals surface area contributed by atoms with Crippen LogP contribution in [0.3, 0.4) is 0 Å². The van der Waals surface area contributed by atoms with Gasteiger partial charge in [0.2, 0.25) is 0 Å². The predicted octanol–water partition coefficient (Wildman–Crippen LogP) is 5.65. The molecular formula is C21H27FN4. The van der Waals surface area contributed by atoms with Gasteiger partial charge < -0.3 is 0 Å². The zero-order valence-electron chi connectivity index (χ0n) is 16.2. The molecule has 4 nitrogen and oxygen atoms in total. The van der Waals surface area contributed by atoms with E-state index in [-0.39, 0.29) is 11.7 Å². The molecule has 2 rings (SSSR count). The lowest BCUT2D eigenvalue weighted by Crippen LogP contribution is -2.36. The van der Waals surface area contributed by atoms with Crippen LogP contribution >= 0.6 is 0 Å². The predicted molar refractivity (Wildman–Crippen MR) is 106 cm³/mol. The second-order valence-corrected chi connectivity index (χ2v) is 6.84. The van der Waals surface area contributed by atoms with Gasteiger partial charge in [0, 0.05) is 23.7 Å². The van der Waals surface area contributed by atoms with Gasteiger partial charge in [0.25, 0.3) is 0 Å². The molecule has 1 aromatic heterocycles. The first-order valence-corrected chi connectivity index (χ1v) is 8.88. The van der Waals surface area contributed by atoms with Crippen molar-refractivity contribution in [3.8, 4) is 0 Å². The minimum absolute atomic E-state index is 0.0557. The van der Waals surface area contributed by atoms with E-state index in [1.165, 1.54) is 6.20 Å². The second kappa shape index (κ2) is 8.21. The van der Waals surface area contributed by atoms with Gasteiger partial charge in [-0.05, 0) is 50.3 Å². The first kappa shape index (κ1) is 19.8. The SMILES string of the molecule is C/C=C\C1=C(/C=C(\C)c2cncc(F)c2C(C)C)CCC(=N)N1C(C)=N. The summed E-state index contributed by atoms with van der Waals surface area (Å²) >= 11 is 0. The average Bonchev–Trinajstić information content (AvgIpc) is 2.56. The van der Waals surface area contributed by atoms with Gasteiger partial charge in [-0.1, -0.05) is 26.0 Å². The van der Waals surface area contributed by atoms with E-state index in [1.54, 1.807) is 18.0 Å². The highest BCUT2D eigenvalue weighted by Gasteiger charge is 2.23. The standard InChI is InChI=1S/C21H27FN4/c1-6-7-19-16(8-9-20(24)26(19)15(5)23)10-14(4)17-11-25-12-18(22)21(17)13(2)3/h6-7,10-13,23-24H,8-9H2,1-5H3/b7-6-,14-10+,23-15?,24-20?. The Morgan fingerprint density at radius 1 is 1.27 bits per heavy atom. The Labute approximate surface area is 155 Å². The number of rotatable bonds is 4. The van der Waals surface area contributed by atoms with E-state index >= 15 is 0 Å². The number of aromatic nitrogens is 1. The summed E-state index contributed by atoms with van der Waals surface area (Å²) in [4.78, 5) is 5.69. The number of nitrogens with zero attached hydrogens (tertiary/aromatic N) is 2. The Kier molecular flexibility index (Phi) is 6.24. The third kappa shape index (κ3) is 3.98. The van der Waals surface area contributed by atoms with Crippen LogP contribution in [-0.2, 0) is 0 Å². The minimum atomic E-state index is -0.282. The van der Waals surface area contributed by atoms with Crippen LogP contribution in [0.1, 0.15) is 64.5 Å². The Bertz CT molecular complexity index is 815. The molecule has 0 amide bonds. The number of hydrogen-bond donors (Lipinski definition) is 2. The molecule has 0 unspecified atom stereocenters. The molecule has 26 heavy (non-hydrogen) atoms. The fourth-order valence-corrected chi connectivity index (χ4v) is 3.34. The molecule has 0 saturated heterocycles.